The quantitative estimate of drug-likeness (QED) is 0.357. The van der Waals surface area contributed by atoms with Crippen molar-refractivity contribution < 1.29 is 19.1 Å². The van der Waals surface area contributed by atoms with Gasteiger partial charge in [0.2, 0.25) is 0 Å². The first-order valence-electron chi connectivity index (χ1n) is 5.90. The number of methoxy groups -OCH3 is 1. The van der Waals surface area contributed by atoms with Gasteiger partial charge in [-0.05, 0) is 25.7 Å². The van der Waals surface area contributed by atoms with Gasteiger partial charge in [0.1, 0.15) is 6.10 Å². The van der Waals surface area contributed by atoms with Crippen LogP contribution >= 0.6 is 0 Å². The molecule has 1 unspecified atom stereocenters. The summed E-state index contributed by atoms with van der Waals surface area (Å²) in [5.74, 6) is -0.754. The van der Waals surface area contributed by atoms with Gasteiger partial charge in [0.05, 0.1) is 13.2 Å². The van der Waals surface area contributed by atoms with Crippen LogP contribution in [0.15, 0.2) is 12.7 Å². The predicted octanol–water partition coefficient (Wildman–Crippen LogP) is 2.12. The Labute approximate surface area is 107 Å². The molecule has 100 valence electrons. The maximum atomic E-state index is 11.1. The lowest BCUT2D eigenvalue weighted by Crippen LogP contribution is -2.17. The Morgan fingerprint density at radius 3 is 2.61 bits per heavy atom. The molecule has 5 heteroatoms. The molecule has 0 aromatic carbocycles. The number of ether oxygens (including phenoxy) is 2. The Hall–Kier alpha value is -1.83. The number of nitrogens with zero attached hydrogens (tertiary/aromatic N) is 1. The lowest BCUT2D eigenvalue weighted by molar-refractivity contribution is -0.143. The zero-order valence-corrected chi connectivity index (χ0v) is 10.7. The lowest BCUT2D eigenvalue weighted by atomic mass is 10.1. The minimum atomic E-state index is -0.477. The predicted molar refractivity (Wildman–Crippen MR) is 65.4 cm³/mol. The number of hydrogen-bond donors (Lipinski definition) is 0. The lowest BCUT2D eigenvalue weighted by Gasteiger charge is -2.16. The highest BCUT2D eigenvalue weighted by Gasteiger charge is 2.13. The van der Waals surface area contributed by atoms with Gasteiger partial charge in [-0.1, -0.05) is 6.58 Å². The second kappa shape index (κ2) is 10.3. The van der Waals surface area contributed by atoms with Gasteiger partial charge in [-0.3, -0.25) is 4.79 Å². The van der Waals surface area contributed by atoms with Crippen molar-refractivity contribution in [3.63, 3.8) is 0 Å². The maximum Gasteiger partial charge on any atom is 0.330 e. The number of nitriles is 1. The van der Waals surface area contributed by atoms with Crippen molar-refractivity contribution in [2.45, 2.75) is 44.6 Å². The number of carbonyl (C=O) groups excluding carboxylic acids is 2. The minimum Gasteiger partial charge on any atom is -0.469 e. The van der Waals surface area contributed by atoms with Gasteiger partial charge >= 0.3 is 11.9 Å². The number of unbranched alkanes of at least 4 members (excludes halogenated alkanes) is 1. The molecule has 0 spiro atoms. The molecule has 0 saturated carbocycles. The van der Waals surface area contributed by atoms with Gasteiger partial charge in [0, 0.05) is 18.9 Å². The van der Waals surface area contributed by atoms with Crippen LogP contribution in [0.25, 0.3) is 0 Å². The van der Waals surface area contributed by atoms with Crippen LogP contribution in [0.3, 0.4) is 0 Å². The summed E-state index contributed by atoms with van der Waals surface area (Å²) >= 11 is 0. The molecule has 5 nitrogen and oxygen atoms in total. The Morgan fingerprint density at radius 2 is 2.06 bits per heavy atom. The molecule has 0 aromatic heterocycles. The van der Waals surface area contributed by atoms with E-state index in [9.17, 15) is 9.59 Å². The largest absolute Gasteiger partial charge is 0.469 e. The van der Waals surface area contributed by atoms with E-state index in [0.717, 1.165) is 6.08 Å². The van der Waals surface area contributed by atoms with Crippen molar-refractivity contribution >= 4 is 11.9 Å². The number of hydrogen-bond acceptors (Lipinski definition) is 5. The Kier molecular flexibility index (Phi) is 9.28. The van der Waals surface area contributed by atoms with E-state index in [1.54, 1.807) is 0 Å². The Morgan fingerprint density at radius 1 is 1.39 bits per heavy atom. The Bertz CT molecular complexity index is 319. The van der Waals surface area contributed by atoms with E-state index < -0.39 is 5.97 Å². The molecular weight excluding hydrogens is 234 g/mol. The fraction of sp³-hybridized carbons (Fsp3) is 0.615. The van der Waals surface area contributed by atoms with E-state index in [4.69, 9.17) is 10.00 Å². The van der Waals surface area contributed by atoms with Crippen molar-refractivity contribution in [1.82, 2.24) is 0 Å². The Balaban J connectivity index is 4.03. The van der Waals surface area contributed by atoms with Crippen LogP contribution in [-0.4, -0.2) is 25.2 Å². The van der Waals surface area contributed by atoms with Crippen LogP contribution in [0.4, 0.5) is 0 Å². The van der Waals surface area contributed by atoms with E-state index in [2.05, 4.69) is 11.3 Å². The zero-order valence-electron chi connectivity index (χ0n) is 10.7. The van der Waals surface area contributed by atoms with E-state index in [1.165, 1.54) is 7.11 Å². The zero-order chi connectivity index (χ0) is 13.8. The molecule has 0 aromatic rings. The van der Waals surface area contributed by atoms with Crippen LogP contribution in [-0.2, 0) is 19.1 Å². The molecule has 0 amide bonds. The fourth-order valence-corrected chi connectivity index (χ4v) is 1.46. The van der Waals surface area contributed by atoms with Gasteiger partial charge in [0.15, 0.2) is 0 Å². The molecule has 0 aliphatic rings. The first-order valence-corrected chi connectivity index (χ1v) is 5.90. The van der Waals surface area contributed by atoms with Crippen molar-refractivity contribution in [3.8, 4) is 6.07 Å². The van der Waals surface area contributed by atoms with Crippen molar-refractivity contribution in [2.75, 3.05) is 7.11 Å². The standard InChI is InChI=1S/C13H19NO4/c1-3-12(15)18-11(7-4-5-10-14)8-6-9-13(16)17-2/h3,11H,1,4-9H2,2H3. The molecule has 1 atom stereocenters. The summed E-state index contributed by atoms with van der Waals surface area (Å²) in [5, 5.41) is 8.45. The van der Waals surface area contributed by atoms with Crippen LogP contribution in [0, 0.1) is 11.3 Å². The van der Waals surface area contributed by atoms with E-state index in [0.29, 0.717) is 38.5 Å². The third-order valence-corrected chi connectivity index (χ3v) is 2.40. The minimum absolute atomic E-state index is 0.270. The third-order valence-electron chi connectivity index (χ3n) is 2.40. The van der Waals surface area contributed by atoms with Crippen molar-refractivity contribution in [1.29, 1.82) is 5.26 Å². The molecule has 0 aliphatic heterocycles. The number of esters is 2. The molecule has 0 fully saturated rings. The summed E-state index contributed by atoms with van der Waals surface area (Å²) in [6.45, 7) is 3.33. The highest BCUT2D eigenvalue weighted by Crippen LogP contribution is 2.13. The molecule has 0 rings (SSSR count). The van der Waals surface area contributed by atoms with Crippen molar-refractivity contribution in [3.05, 3.63) is 12.7 Å². The van der Waals surface area contributed by atoms with Crippen LogP contribution in [0.5, 0.6) is 0 Å². The molecule has 0 radical (unpaired) electrons. The summed E-state index contributed by atoms with van der Waals surface area (Å²) in [4.78, 5) is 22.1. The first kappa shape index (κ1) is 16.2. The summed E-state index contributed by atoms with van der Waals surface area (Å²) in [7, 11) is 1.34. The van der Waals surface area contributed by atoms with Crippen molar-refractivity contribution in [2.24, 2.45) is 0 Å². The van der Waals surface area contributed by atoms with Gasteiger partial charge in [-0.25, -0.2) is 4.79 Å². The molecule has 0 bridgehead atoms. The highest BCUT2D eigenvalue weighted by molar-refractivity contribution is 5.81. The van der Waals surface area contributed by atoms with Gasteiger partial charge in [-0.15, -0.1) is 0 Å². The summed E-state index contributed by atoms with van der Waals surface area (Å²) < 4.78 is 9.67. The van der Waals surface area contributed by atoms with Gasteiger partial charge in [0.25, 0.3) is 0 Å². The fourth-order valence-electron chi connectivity index (χ4n) is 1.46. The summed E-state index contributed by atoms with van der Waals surface area (Å²) in [5.41, 5.74) is 0. The van der Waals surface area contributed by atoms with E-state index in [1.807, 2.05) is 6.07 Å². The molecule has 18 heavy (non-hydrogen) atoms. The smallest absolute Gasteiger partial charge is 0.330 e. The third kappa shape index (κ3) is 8.34. The monoisotopic (exact) mass is 253 g/mol. The highest BCUT2D eigenvalue weighted by atomic mass is 16.5. The van der Waals surface area contributed by atoms with Crippen LogP contribution < -0.4 is 0 Å². The molecular formula is C13H19NO4. The first-order chi connectivity index (χ1) is 8.63. The maximum absolute atomic E-state index is 11.1. The second-order valence-corrected chi connectivity index (χ2v) is 3.78. The molecule has 0 saturated heterocycles. The van der Waals surface area contributed by atoms with Crippen LogP contribution in [0.1, 0.15) is 38.5 Å². The van der Waals surface area contributed by atoms with Crippen LogP contribution in [0.2, 0.25) is 0 Å². The average Bonchev–Trinajstić information content (AvgIpc) is 2.38. The SMILES string of the molecule is C=CC(=O)OC(CCCC#N)CCCC(=O)OC. The van der Waals surface area contributed by atoms with E-state index >= 15 is 0 Å². The molecule has 0 aliphatic carbocycles. The van der Waals surface area contributed by atoms with Gasteiger partial charge in [-0.2, -0.15) is 5.26 Å². The number of carbonyl (C=O) groups is 2. The normalized spacial score (nSPS) is 11.1. The molecule has 0 N–H and O–H groups in total. The number of rotatable bonds is 9. The van der Waals surface area contributed by atoms with E-state index in [-0.39, 0.29) is 12.1 Å². The average molecular weight is 253 g/mol. The molecule has 0 heterocycles. The summed E-state index contributed by atoms with van der Waals surface area (Å²) in [6.07, 6.45) is 4.04. The van der Waals surface area contributed by atoms with Gasteiger partial charge < -0.3 is 9.47 Å². The topological polar surface area (TPSA) is 76.4 Å². The summed E-state index contributed by atoms with van der Waals surface area (Å²) in [6, 6.07) is 2.04. The second-order valence-electron chi connectivity index (χ2n) is 3.78.